The van der Waals surface area contributed by atoms with E-state index in [2.05, 4.69) is 10.0 Å². The van der Waals surface area contributed by atoms with Crippen LogP contribution < -0.4 is 10.0 Å². The van der Waals surface area contributed by atoms with Gasteiger partial charge in [-0.25, -0.2) is 13.1 Å². The molecule has 0 saturated carbocycles. The van der Waals surface area contributed by atoms with Crippen molar-refractivity contribution in [3.8, 4) is 0 Å². The largest absolute Gasteiger partial charge is 0.320 e. The lowest BCUT2D eigenvalue weighted by molar-refractivity contribution is -0.385. The van der Waals surface area contributed by atoms with Crippen molar-refractivity contribution in [1.82, 2.24) is 10.0 Å². The van der Waals surface area contributed by atoms with Crippen molar-refractivity contribution in [2.75, 3.05) is 20.1 Å². The summed E-state index contributed by atoms with van der Waals surface area (Å²) in [4.78, 5) is 10.1. The summed E-state index contributed by atoms with van der Waals surface area (Å²) in [6, 6.07) is 3.87. The van der Waals surface area contributed by atoms with E-state index in [1.807, 2.05) is 0 Å². The molecule has 0 amide bonds. The molecule has 0 heterocycles. The van der Waals surface area contributed by atoms with Crippen LogP contribution in [0.15, 0.2) is 23.1 Å². The van der Waals surface area contributed by atoms with Gasteiger partial charge < -0.3 is 5.32 Å². The Morgan fingerprint density at radius 1 is 1.32 bits per heavy atom. The average Bonchev–Trinajstić information content (AvgIpc) is 2.34. The Balaban J connectivity index is 2.89. The molecule has 106 valence electrons. The van der Waals surface area contributed by atoms with Crippen molar-refractivity contribution >= 4 is 15.7 Å². The Morgan fingerprint density at radius 2 is 2.00 bits per heavy atom. The van der Waals surface area contributed by atoms with Gasteiger partial charge in [0.1, 0.15) is 0 Å². The quantitative estimate of drug-likeness (QED) is 0.438. The first kappa shape index (κ1) is 15.5. The number of sulfonamides is 1. The fraction of sp³-hybridized carbons (Fsp3) is 0.455. The third-order valence-electron chi connectivity index (χ3n) is 2.58. The molecule has 0 saturated heterocycles. The predicted octanol–water partition coefficient (Wildman–Crippen LogP) is 0.791. The van der Waals surface area contributed by atoms with Crippen LogP contribution in [-0.4, -0.2) is 33.5 Å². The number of hydrogen-bond acceptors (Lipinski definition) is 5. The lowest BCUT2D eigenvalue weighted by Crippen LogP contribution is -2.26. The van der Waals surface area contributed by atoms with E-state index in [1.165, 1.54) is 12.1 Å². The van der Waals surface area contributed by atoms with Gasteiger partial charge in [0.25, 0.3) is 5.69 Å². The van der Waals surface area contributed by atoms with Crippen molar-refractivity contribution < 1.29 is 13.3 Å². The number of nitrogens with zero attached hydrogens (tertiary/aromatic N) is 1. The van der Waals surface area contributed by atoms with Crippen LogP contribution in [0.1, 0.15) is 12.0 Å². The molecule has 0 fully saturated rings. The van der Waals surface area contributed by atoms with Gasteiger partial charge in [0, 0.05) is 18.2 Å². The molecule has 0 spiro atoms. The summed E-state index contributed by atoms with van der Waals surface area (Å²) in [5.74, 6) is 0. The van der Waals surface area contributed by atoms with Crippen LogP contribution >= 0.6 is 0 Å². The molecule has 0 aliphatic carbocycles. The first-order valence-corrected chi connectivity index (χ1v) is 7.26. The molecule has 8 heteroatoms. The van der Waals surface area contributed by atoms with Gasteiger partial charge in [0.05, 0.1) is 9.82 Å². The fourth-order valence-electron chi connectivity index (χ4n) is 1.51. The van der Waals surface area contributed by atoms with Crippen molar-refractivity contribution in [3.05, 3.63) is 33.9 Å². The normalized spacial score (nSPS) is 11.5. The molecule has 0 unspecified atom stereocenters. The highest BCUT2D eigenvalue weighted by Crippen LogP contribution is 2.21. The summed E-state index contributed by atoms with van der Waals surface area (Å²) in [6.07, 6.45) is 0.643. The molecule has 1 aromatic rings. The minimum atomic E-state index is -3.70. The van der Waals surface area contributed by atoms with Gasteiger partial charge in [-0.3, -0.25) is 10.1 Å². The van der Waals surface area contributed by atoms with Crippen molar-refractivity contribution in [2.24, 2.45) is 0 Å². The number of nitro benzene ring substituents is 1. The molecule has 0 aromatic heterocycles. The number of hydrogen-bond donors (Lipinski definition) is 2. The van der Waals surface area contributed by atoms with Crippen molar-refractivity contribution in [3.63, 3.8) is 0 Å². The second kappa shape index (κ2) is 6.60. The third-order valence-corrected chi connectivity index (χ3v) is 4.04. The Kier molecular flexibility index (Phi) is 5.40. The van der Waals surface area contributed by atoms with Crippen LogP contribution in [0.3, 0.4) is 0 Å². The zero-order valence-corrected chi connectivity index (χ0v) is 11.7. The van der Waals surface area contributed by atoms with Gasteiger partial charge >= 0.3 is 0 Å². The van der Waals surface area contributed by atoms with Gasteiger partial charge in [-0.2, -0.15) is 0 Å². The molecule has 7 nitrogen and oxygen atoms in total. The lowest BCUT2D eigenvalue weighted by Gasteiger charge is -2.07. The standard InChI is InChI=1S/C11H17N3O4S/c1-9-4-5-10(8-11(9)14(15)16)19(17,18)13-7-3-6-12-2/h4-5,8,12-13H,3,6-7H2,1-2H3. The zero-order valence-electron chi connectivity index (χ0n) is 10.8. The molecule has 1 aromatic carbocycles. The third kappa shape index (κ3) is 4.27. The van der Waals surface area contributed by atoms with E-state index in [9.17, 15) is 18.5 Å². The smallest absolute Gasteiger partial charge is 0.273 e. The van der Waals surface area contributed by atoms with Crippen LogP contribution in [-0.2, 0) is 10.0 Å². The Morgan fingerprint density at radius 3 is 2.58 bits per heavy atom. The van der Waals surface area contributed by atoms with Gasteiger partial charge in [-0.05, 0) is 33.0 Å². The molecular formula is C11H17N3O4S. The lowest BCUT2D eigenvalue weighted by atomic mass is 10.2. The van der Waals surface area contributed by atoms with Crippen LogP contribution in [0, 0.1) is 17.0 Å². The fourth-order valence-corrected chi connectivity index (χ4v) is 2.60. The highest BCUT2D eigenvalue weighted by Gasteiger charge is 2.19. The van der Waals surface area contributed by atoms with E-state index >= 15 is 0 Å². The van der Waals surface area contributed by atoms with Crippen LogP contribution in [0.4, 0.5) is 5.69 Å². The number of aryl methyl sites for hydroxylation is 1. The SMILES string of the molecule is CNCCCNS(=O)(=O)c1ccc(C)c([N+](=O)[O-])c1. The van der Waals surface area contributed by atoms with E-state index in [4.69, 9.17) is 0 Å². The predicted molar refractivity (Wildman–Crippen MR) is 71.6 cm³/mol. The molecule has 2 N–H and O–H groups in total. The molecule has 19 heavy (non-hydrogen) atoms. The summed E-state index contributed by atoms with van der Waals surface area (Å²) in [5, 5.41) is 13.7. The van der Waals surface area contributed by atoms with E-state index in [1.54, 1.807) is 14.0 Å². The number of benzene rings is 1. The second-order valence-electron chi connectivity index (χ2n) is 4.06. The van der Waals surface area contributed by atoms with Crippen LogP contribution in [0.2, 0.25) is 0 Å². The molecule has 0 radical (unpaired) electrons. The van der Waals surface area contributed by atoms with Gasteiger partial charge in [0.2, 0.25) is 10.0 Å². The van der Waals surface area contributed by atoms with Crippen molar-refractivity contribution in [2.45, 2.75) is 18.2 Å². The molecule has 0 aliphatic heterocycles. The van der Waals surface area contributed by atoms with Crippen LogP contribution in [0.25, 0.3) is 0 Å². The highest BCUT2D eigenvalue weighted by molar-refractivity contribution is 7.89. The topological polar surface area (TPSA) is 101 Å². The van der Waals surface area contributed by atoms with E-state index in [0.29, 0.717) is 18.5 Å². The maximum Gasteiger partial charge on any atom is 0.273 e. The minimum Gasteiger partial charge on any atom is -0.320 e. The number of nitrogens with one attached hydrogen (secondary N) is 2. The summed E-state index contributed by atoms with van der Waals surface area (Å²) in [5.41, 5.74) is 0.234. The average molecular weight is 287 g/mol. The highest BCUT2D eigenvalue weighted by atomic mass is 32.2. The first-order chi connectivity index (χ1) is 8.88. The van der Waals surface area contributed by atoms with E-state index in [0.717, 1.165) is 6.07 Å². The Bertz CT molecular complexity index is 557. The summed E-state index contributed by atoms with van der Waals surface area (Å²) in [7, 11) is -1.92. The van der Waals surface area contributed by atoms with Gasteiger partial charge in [0.15, 0.2) is 0 Å². The van der Waals surface area contributed by atoms with Crippen LogP contribution in [0.5, 0.6) is 0 Å². The Labute approximate surface area is 112 Å². The van der Waals surface area contributed by atoms with Gasteiger partial charge in [-0.15, -0.1) is 0 Å². The molecule has 0 aliphatic rings. The summed E-state index contributed by atoms with van der Waals surface area (Å²) in [6.45, 7) is 2.54. The monoisotopic (exact) mass is 287 g/mol. The first-order valence-electron chi connectivity index (χ1n) is 5.78. The maximum atomic E-state index is 11.9. The van der Waals surface area contributed by atoms with E-state index < -0.39 is 14.9 Å². The Hall–Kier alpha value is -1.51. The number of nitro groups is 1. The zero-order chi connectivity index (χ0) is 14.5. The summed E-state index contributed by atoms with van der Waals surface area (Å²) < 4.78 is 26.3. The van der Waals surface area contributed by atoms with E-state index in [-0.39, 0.29) is 17.1 Å². The molecule has 1 rings (SSSR count). The molecular weight excluding hydrogens is 270 g/mol. The van der Waals surface area contributed by atoms with Gasteiger partial charge in [-0.1, -0.05) is 6.07 Å². The second-order valence-corrected chi connectivity index (χ2v) is 5.83. The summed E-state index contributed by atoms with van der Waals surface area (Å²) >= 11 is 0. The maximum absolute atomic E-state index is 11.9. The molecule has 0 bridgehead atoms. The number of rotatable bonds is 7. The van der Waals surface area contributed by atoms with Crippen molar-refractivity contribution in [1.29, 1.82) is 0 Å². The molecule has 0 atom stereocenters. The minimum absolute atomic E-state index is 0.0887.